The van der Waals surface area contributed by atoms with Crippen LogP contribution in [0.25, 0.3) is 11.0 Å². The Kier molecular flexibility index (Phi) is 3.75. The first-order chi connectivity index (χ1) is 10.0. The molecule has 4 nitrogen and oxygen atoms in total. The fraction of sp³-hybridized carbons (Fsp3) is 0.286. The highest BCUT2D eigenvalue weighted by Crippen LogP contribution is 2.30. The Bertz CT molecular complexity index is 814. The summed E-state index contributed by atoms with van der Waals surface area (Å²) in [7, 11) is 0. The van der Waals surface area contributed by atoms with E-state index >= 15 is 0 Å². The minimum atomic E-state index is -0.354. The molecule has 1 aromatic carbocycles. The summed E-state index contributed by atoms with van der Waals surface area (Å²) >= 11 is 9.18. The van der Waals surface area contributed by atoms with Crippen LogP contribution in [0.15, 0.2) is 27.2 Å². The third kappa shape index (κ3) is 2.46. The van der Waals surface area contributed by atoms with Gasteiger partial charge >= 0.3 is 0 Å². The molecule has 0 aliphatic rings. The summed E-state index contributed by atoms with van der Waals surface area (Å²) in [5, 5.41) is 0. The molecule has 0 radical (unpaired) electrons. The lowest BCUT2D eigenvalue weighted by Crippen LogP contribution is -2.10. The van der Waals surface area contributed by atoms with Crippen molar-refractivity contribution in [2.45, 2.75) is 25.8 Å². The van der Waals surface area contributed by atoms with Crippen LogP contribution in [0.1, 0.15) is 30.4 Å². The molecule has 0 amide bonds. The maximum Gasteiger partial charge on any atom is 0.217 e. The van der Waals surface area contributed by atoms with E-state index in [1.807, 2.05) is 18.4 Å². The smallest absolute Gasteiger partial charge is 0.217 e. The van der Waals surface area contributed by atoms with Crippen molar-refractivity contribution in [3.63, 3.8) is 0 Å². The molecule has 2 heterocycles. The average Bonchev–Trinajstić information content (AvgIpc) is 3.02. The van der Waals surface area contributed by atoms with E-state index < -0.39 is 0 Å². The van der Waals surface area contributed by atoms with Crippen LogP contribution in [-0.2, 0) is 5.88 Å². The van der Waals surface area contributed by atoms with Gasteiger partial charge in [0.1, 0.15) is 23.4 Å². The minimum absolute atomic E-state index is 0.185. The van der Waals surface area contributed by atoms with Crippen molar-refractivity contribution in [3.8, 4) is 0 Å². The quantitative estimate of drug-likeness (QED) is 0.632. The molecule has 1 unspecified atom stereocenters. The van der Waals surface area contributed by atoms with E-state index in [0.717, 1.165) is 11.3 Å². The van der Waals surface area contributed by atoms with E-state index in [4.69, 9.17) is 16.0 Å². The van der Waals surface area contributed by atoms with Crippen molar-refractivity contribution < 1.29 is 8.81 Å². The van der Waals surface area contributed by atoms with Crippen LogP contribution in [-0.4, -0.2) is 14.5 Å². The molecule has 0 saturated heterocycles. The summed E-state index contributed by atoms with van der Waals surface area (Å²) in [5.41, 5.74) is 1.34. The topological polar surface area (TPSA) is 43.9 Å². The molecule has 0 aliphatic carbocycles. The van der Waals surface area contributed by atoms with Crippen LogP contribution in [0.4, 0.5) is 4.39 Å². The molecule has 21 heavy (non-hydrogen) atoms. The number of rotatable bonds is 3. The van der Waals surface area contributed by atoms with Gasteiger partial charge in [-0.2, -0.15) is 0 Å². The molecule has 0 saturated carbocycles. The summed E-state index contributed by atoms with van der Waals surface area (Å²) < 4.78 is 21.5. The van der Waals surface area contributed by atoms with Crippen molar-refractivity contribution in [1.29, 1.82) is 0 Å². The van der Waals surface area contributed by atoms with Crippen molar-refractivity contribution >= 4 is 38.6 Å². The fourth-order valence-electron chi connectivity index (χ4n) is 2.34. The zero-order valence-corrected chi connectivity index (χ0v) is 13.7. The summed E-state index contributed by atoms with van der Waals surface area (Å²) in [4.78, 5) is 8.64. The molecule has 3 rings (SSSR count). The Balaban J connectivity index is 2.22. The summed E-state index contributed by atoms with van der Waals surface area (Å²) in [6.07, 6.45) is 1.67. The third-order valence-electron chi connectivity index (χ3n) is 3.31. The molecule has 3 aromatic rings. The third-order valence-corrected chi connectivity index (χ3v) is 4.15. The predicted molar refractivity (Wildman–Crippen MR) is 82.0 cm³/mol. The van der Waals surface area contributed by atoms with Crippen LogP contribution in [0, 0.1) is 12.7 Å². The molecule has 0 aliphatic heterocycles. The molecule has 1 atom stereocenters. The molecular weight excluding hydrogens is 361 g/mol. The van der Waals surface area contributed by atoms with Crippen molar-refractivity contribution in [2.75, 3.05) is 0 Å². The molecule has 0 N–H and O–H groups in total. The minimum Gasteiger partial charge on any atom is -0.444 e. The Morgan fingerprint density at radius 2 is 2.24 bits per heavy atom. The number of alkyl halides is 1. The van der Waals surface area contributed by atoms with Crippen molar-refractivity contribution in [3.05, 3.63) is 46.1 Å². The number of aromatic nitrogens is 3. The molecular formula is C14H12BrClFN3O. The fourth-order valence-corrected chi connectivity index (χ4v) is 2.86. The van der Waals surface area contributed by atoms with Crippen LogP contribution >= 0.6 is 27.5 Å². The van der Waals surface area contributed by atoms with Gasteiger partial charge in [0.05, 0.1) is 27.6 Å². The highest BCUT2D eigenvalue weighted by atomic mass is 79.9. The van der Waals surface area contributed by atoms with Gasteiger partial charge in [0.15, 0.2) is 0 Å². The lowest BCUT2D eigenvalue weighted by Gasteiger charge is -2.13. The second kappa shape index (κ2) is 5.42. The zero-order valence-electron chi connectivity index (χ0n) is 11.4. The molecule has 0 fully saturated rings. The first-order valence-corrected chi connectivity index (χ1v) is 7.68. The van der Waals surface area contributed by atoms with Gasteiger partial charge in [-0.1, -0.05) is 0 Å². The maximum absolute atomic E-state index is 13.7. The zero-order chi connectivity index (χ0) is 15.1. The van der Waals surface area contributed by atoms with E-state index in [-0.39, 0.29) is 17.7 Å². The average molecular weight is 373 g/mol. The van der Waals surface area contributed by atoms with E-state index in [9.17, 15) is 4.39 Å². The van der Waals surface area contributed by atoms with Gasteiger partial charge in [-0.15, -0.1) is 11.6 Å². The van der Waals surface area contributed by atoms with E-state index in [1.54, 1.807) is 12.3 Å². The molecule has 0 bridgehead atoms. The molecule has 2 aromatic heterocycles. The number of benzene rings is 1. The van der Waals surface area contributed by atoms with Gasteiger partial charge in [0.2, 0.25) is 5.89 Å². The Morgan fingerprint density at radius 1 is 1.48 bits per heavy atom. The summed E-state index contributed by atoms with van der Waals surface area (Å²) in [6.45, 7) is 3.78. The summed E-state index contributed by atoms with van der Waals surface area (Å²) in [5.74, 6) is 1.82. The van der Waals surface area contributed by atoms with Gasteiger partial charge < -0.3 is 8.98 Å². The van der Waals surface area contributed by atoms with Crippen molar-refractivity contribution in [2.24, 2.45) is 0 Å². The highest BCUT2D eigenvalue weighted by molar-refractivity contribution is 9.10. The van der Waals surface area contributed by atoms with Crippen LogP contribution < -0.4 is 0 Å². The first kappa shape index (κ1) is 14.5. The van der Waals surface area contributed by atoms with Crippen LogP contribution in [0.5, 0.6) is 0 Å². The Labute approximate surface area is 134 Å². The number of hydrogen-bond acceptors (Lipinski definition) is 3. The van der Waals surface area contributed by atoms with Crippen molar-refractivity contribution in [1.82, 2.24) is 14.5 Å². The lowest BCUT2D eigenvalue weighted by atomic mass is 10.2. The van der Waals surface area contributed by atoms with E-state index in [1.165, 1.54) is 6.07 Å². The van der Waals surface area contributed by atoms with E-state index in [0.29, 0.717) is 21.7 Å². The maximum atomic E-state index is 13.7. The SMILES string of the molecule is Cc1cnc(C(C)n2c(CCl)nc3cc(F)c(Br)cc32)o1. The number of aryl methyl sites for hydroxylation is 1. The van der Waals surface area contributed by atoms with E-state index in [2.05, 4.69) is 25.9 Å². The number of fused-ring (bicyclic) bond motifs is 1. The molecule has 110 valence electrons. The second-order valence-corrected chi connectivity index (χ2v) is 5.89. The molecule has 0 spiro atoms. The Morgan fingerprint density at radius 3 is 2.86 bits per heavy atom. The number of nitrogens with zero attached hydrogens (tertiary/aromatic N) is 3. The number of halogens is 3. The van der Waals surface area contributed by atoms with Gasteiger partial charge in [0.25, 0.3) is 0 Å². The molecule has 7 heteroatoms. The van der Waals surface area contributed by atoms with Gasteiger partial charge in [-0.05, 0) is 35.8 Å². The number of imidazole rings is 1. The monoisotopic (exact) mass is 371 g/mol. The van der Waals surface area contributed by atoms with Gasteiger partial charge in [-0.25, -0.2) is 14.4 Å². The normalized spacial score (nSPS) is 13.0. The second-order valence-electron chi connectivity index (χ2n) is 4.77. The van der Waals surface area contributed by atoms with Gasteiger partial charge in [0, 0.05) is 6.07 Å². The Hall–Kier alpha value is -1.40. The largest absolute Gasteiger partial charge is 0.444 e. The summed E-state index contributed by atoms with van der Waals surface area (Å²) in [6, 6.07) is 2.90. The lowest BCUT2D eigenvalue weighted by molar-refractivity contribution is 0.415. The number of hydrogen-bond donors (Lipinski definition) is 0. The predicted octanol–water partition coefficient (Wildman–Crippen LogP) is 4.58. The standard InChI is InChI=1S/C14H12BrClFN3O/c1-7-6-18-14(21-7)8(2)20-12-3-9(15)10(17)4-11(12)19-13(20)5-16/h3-4,6,8H,5H2,1-2H3. The highest BCUT2D eigenvalue weighted by Gasteiger charge is 2.21. The van der Waals surface area contributed by atoms with Crippen LogP contribution in [0.3, 0.4) is 0 Å². The number of oxazole rings is 1. The van der Waals surface area contributed by atoms with Gasteiger partial charge in [-0.3, -0.25) is 0 Å². The first-order valence-electron chi connectivity index (χ1n) is 6.35. The van der Waals surface area contributed by atoms with Crippen LogP contribution in [0.2, 0.25) is 0 Å².